The van der Waals surface area contributed by atoms with Crippen LogP contribution in [0.15, 0.2) is 85.5 Å². The van der Waals surface area contributed by atoms with Crippen LogP contribution in [0.5, 0.6) is 0 Å². The molecule has 61 heavy (non-hydrogen) atoms. The van der Waals surface area contributed by atoms with E-state index < -0.39 is 92.7 Å². The number of benzene rings is 3. The van der Waals surface area contributed by atoms with Gasteiger partial charge in [-0.15, -0.1) is 6.58 Å². The summed E-state index contributed by atoms with van der Waals surface area (Å²) in [6.07, 6.45) is 1.61. The molecule has 3 aromatic rings. The minimum Gasteiger partial charge on any atom is -0.196 e. The van der Waals surface area contributed by atoms with Crippen LogP contribution in [0.25, 0.3) is 0 Å². The van der Waals surface area contributed by atoms with Gasteiger partial charge in [-0.1, -0.05) is 78.9 Å². The molecule has 3 fully saturated rings. The van der Waals surface area contributed by atoms with Crippen LogP contribution in [0.3, 0.4) is 0 Å². The topological polar surface area (TPSA) is 285 Å². The molecule has 0 heterocycles. The molecule has 0 aromatic heterocycles. The Balaban J connectivity index is 1.54. The molecule has 282 valence electrons. The number of allylic oxidation sites excluding steroid dienone is 1. The number of hydrogen-bond acceptors (Lipinski definition) is 12. The molecule has 0 radical (unpaired) electrons. The summed E-state index contributed by atoms with van der Waals surface area (Å²) in [5, 5.41) is 136. The van der Waals surface area contributed by atoms with E-state index in [9.17, 15) is 63.1 Å². The normalized spacial score (nSPS) is 31.6. The van der Waals surface area contributed by atoms with E-state index in [2.05, 4.69) is 79.4 Å². The first kappa shape index (κ1) is 38.0. The van der Waals surface area contributed by atoms with Crippen LogP contribution < -0.4 is 0 Å². The highest BCUT2D eigenvalue weighted by molar-refractivity contribution is 6.86. The molecule has 9 rings (SSSR count). The fourth-order valence-corrected chi connectivity index (χ4v) is 23.6. The monoisotopic (exact) mass is 798 g/mol. The second kappa shape index (κ2) is 12.0. The molecule has 13 heteroatoms. The zero-order chi connectivity index (χ0) is 43.5. The third kappa shape index (κ3) is 3.37. The molecule has 6 aliphatic carbocycles. The number of nitriles is 12. The van der Waals surface area contributed by atoms with Crippen LogP contribution in [-0.4, -0.2) is 8.07 Å². The molecule has 0 N–H and O–H groups in total. The van der Waals surface area contributed by atoms with Crippen molar-refractivity contribution in [2.75, 3.05) is 0 Å². The Bertz CT molecular complexity index is 2510. The van der Waals surface area contributed by atoms with Crippen LogP contribution in [0.4, 0.5) is 0 Å². The quantitative estimate of drug-likeness (QED) is 0.178. The lowest BCUT2D eigenvalue weighted by Gasteiger charge is -2.52. The van der Waals surface area contributed by atoms with Gasteiger partial charge in [0, 0.05) is 35.5 Å². The molecule has 0 spiro atoms. The molecule has 6 aliphatic rings. The maximum atomic E-state index is 11.3. The minimum absolute atomic E-state index is 0.0322. The van der Waals surface area contributed by atoms with Gasteiger partial charge in [0.2, 0.25) is 0 Å². The highest BCUT2D eigenvalue weighted by atomic mass is 28.3. The van der Waals surface area contributed by atoms with E-state index in [1.165, 1.54) is 0 Å². The third-order valence-corrected chi connectivity index (χ3v) is 23.0. The summed E-state index contributed by atoms with van der Waals surface area (Å²) < 4.78 is 0. The molecular weight excluding hydrogens is 773 g/mol. The van der Waals surface area contributed by atoms with Gasteiger partial charge in [-0.05, 0) is 56.0 Å². The van der Waals surface area contributed by atoms with Gasteiger partial charge in [0.15, 0.2) is 32.5 Å². The van der Waals surface area contributed by atoms with Gasteiger partial charge in [-0.2, -0.15) is 63.1 Å². The molecular formula is C48H26N12Si. The number of rotatable bonds is 5. The van der Waals surface area contributed by atoms with Crippen molar-refractivity contribution in [2.45, 2.75) is 58.2 Å². The Morgan fingerprint density at radius 3 is 0.656 bits per heavy atom. The third-order valence-electron chi connectivity index (χ3n) is 16.3. The molecule has 3 unspecified atom stereocenters. The van der Waals surface area contributed by atoms with E-state index in [4.69, 9.17) is 0 Å². The Labute approximate surface area is 352 Å². The lowest BCUT2D eigenvalue weighted by Crippen LogP contribution is -2.53. The molecule has 9 atom stereocenters. The zero-order valence-corrected chi connectivity index (χ0v) is 33.0. The fourth-order valence-electron chi connectivity index (χ4n) is 14.7. The SMILES string of the molecule is C=CC[Si](C1[C@H]2c3ccccc3[C@@H]1C(C#N)(C#N)C2(C#N)C#N)(C1[C@H]2c3ccccc3[C@@H]1C(C#N)(C#N)C2(C#N)C#N)C1[C@H]2c3ccccc3[C@@H]1C(C#N)(C#N)C2(C#N)C#N. The van der Waals surface area contributed by atoms with Crippen LogP contribution in [0.1, 0.15) is 68.9 Å². The maximum Gasteiger partial charge on any atom is 0.182 e. The first-order chi connectivity index (χ1) is 29.6. The molecule has 0 saturated heterocycles. The molecule has 0 aliphatic heterocycles. The van der Waals surface area contributed by atoms with Crippen molar-refractivity contribution in [3.8, 4) is 72.8 Å². The number of hydrogen-bond donors (Lipinski definition) is 0. The lowest BCUT2D eigenvalue weighted by molar-refractivity contribution is 0.293. The summed E-state index contributed by atoms with van der Waals surface area (Å²) in [5.74, 6) is -7.28. The van der Waals surface area contributed by atoms with E-state index in [-0.39, 0.29) is 6.04 Å². The molecule has 6 bridgehead atoms. The summed E-state index contributed by atoms with van der Waals surface area (Å²) in [7, 11) is -4.44. The van der Waals surface area contributed by atoms with E-state index in [1.54, 1.807) is 78.9 Å². The van der Waals surface area contributed by atoms with Crippen molar-refractivity contribution in [1.29, 1.82) is 63.1 Å². The van der Waals surface area contributed by atoms with Crippen molar-refractivity contribution in [3.63, 3.8) is 0 Å². The van der Waals surface area contributed by atoms with Crippen LogP contribution in [0, 0.1) is 168 Å². The fraction of sp³-hybridized carbons (Fsp3) is 0.333. The Hall–Kier alpha value is -8.50. The number of nitrogens with zero attached hydrogens (tertiary/aromatic N) is 12. The molecule has 3 saturated carbocycles. The van der Waals surface area contributed by atoms with Gasteiger partial charge < -0.3 is 0 Å². The minimum atomic E-state index is -4.44. The van der Waals surface area contributed by atoms with E-state index in [0.717, 1.165) is 0 Å². The second-order valence-corrected chi connectivity index (χ2v) is 21.8. The summed E-state index contributed by atoms with van der Waals surface area (Å²) in [4.78, 5) is 0. The van der Waals surface area contributed by atoms with Crippen molar-refractivity contribution in [2.24, 2.45) is 32.5 Å². The smallest absolute Gasteiger partial charge is 0.182 e. The van der Waals surface area contributed by atoms with Gasteiger partial charge in [-0.25, -0.2) is 0 Å². The first-order valence-corrected chi connectivity index (χ1v) is 21.9. The van der Waals surface area contributed by atoms with Crippen LogP contribution >= 0.6 is 0 Å². The van der Waals surface area contributed by atoms with E-state index >= 15 is 0 Å². The predicted molar refractivity (Wildman–Crippen MR) is 210 cm³/mol. The molecule has 3 aromatic carbocycles. The van der Waals surface area contributed by atoms with Crippen molar-refractivity contribution in [1.82, 2.24) is 0 Å². The highest BCUT2D eigenvalue weighted by Crippen LogP contribution is 2.90. The van der Waals surface area contributed by atoms with E-state index in [1.807, 2.05) is 0 Å². The van der Waals surface area contributed by atoms with Gasteiger partial charge in [-0.3, -0.25) is 0 Å². The van der Waals surface area contributed by atoms with Gasteiger partial charge in [0.05, 0.1) is 80.9 Å². The highest BCUT2D eigenvalue weighted by Gasteiger charge is 2.89. The lowest BCUT2D eigenvalue weighted by atomic mass is 9.57. The van der Waals surface area contributed by atoms with Crippen LogP contribution in [-0.2, 0) is 0 Å². The summed E-state index contributed by atoms with van der Waals surface area (Å²) in [6, 6.07) is 46.6. The standard InChI is InChI=1S/C48H26N12Si/c1-2-15-61(40-34-28-9-3-4-10-29(28)35(40)44(18-51,19-52)43(34,16-49)17-50,41-36-30-11-5-6-12-31(30)37(41)46(22-55,23-56)45(36,20-53)21-54)42-38-32-13-7-8-14-33(32)39(42)48(26-59,27-60)47(38,24-57)25-58/h2-14,34-42H,1,15H2/t34-,35+,36-,37+,38-,39+,40?,41?,42?,61?. The average Bonchev–Trinajstić information content (AvgIpc) is 4.12. The zero-order valence-electron chi connectivity index (χ0n) is 32.0. The molecule has 12 nitrogen and oxygen atoms in total. The summed E-state index contributed by atoms with van der Waals surface area (Å²) >= 11 is 0. The summed E-state index contributed by atoms with van der Waals surface area (Å²) in [5.41, 5.74) is -14.0. The Kier molecular flexibility index (Phi) is 7.50. The van der Waals surface area contributed by atoms with E-state index in [0.29, 0.717) is 33.4 Å². The van der Waals surface area contributed by atoms with Crippen molar-refractivity contribution < 1.29 is 0 Å². The Morgan fingerprint density at radius 2 is 0.525 bits per heavy atom. The van der Waals surface area contributed by atoms with Gasteiger partial charge in [0.25, 0.3) is 0 Å². The maximum absolute atomic E-state index is 11.3. The van der Waals surface area contributed by atoms with Gasteiger partial charge in [0.1, 0.15) is 0 Å². The van der Waals surface area contributed by atoms with Gasteiger partial charge >= 0.3 is 0 Å². The number of fused-ring (bicyclic) bond motifs is 15. The van der Waals surface area contributed by atoms with Crippen molar-refractivity contribution in [3.05, 3.63) is 119 Å². The predicted octanol–water partition coefficient (Wildman–Crippen LogP) is 7.62. The first-order valence-electron chi connectivity index (χ1n) is 19.4. The van der Waals surface area contributed by atoms with Crippen molar-refractivity contribution >= 4 is 8.07 Å². The Morgan fingerprint density at radius 1 is 0.361 bits per heavy atom. The molecule has 0 amide bonds. The summed E-state index contributed by atoms with van der Waals surface area (Å²) in [6.45, 7) is 4.23. The average molecular weight is 799 g/mol. The second-order valence-electron chi connectivity index (χ2n) is 17.1. The van der Waals surface area contributed by atoms with Crippen LogP contribution in [0.2, 0.25) is 22.7 Å². The largest absolute Gasteiger partial charge is 0.196 e.